The van der Waals surface area contributed by atoms with Crippen LogP contribution in [0.5, 0.6) is 0 Å². The zero-order chi connectivity index (χ0) is 20.0. The van der Waals surface area contributed by atoms with Crippen LogP contribution in [0.2, 0.25) is 0 Å². The topological polar surface area (TPSA) is 95.9 Å². The Kier molecular flexibility index (Phi) is 5.51. The Morgan fingerprint density at radius 1 is 1.41 bits per heavy atom. The van der Waals surface area contributed by atoms with Gasteiger partial charge in [-0.05, 0) is 47.0 Å². The molecule has 3 rings (SSSR count). The number of likely N-dealkylation sites (tertiary alicyclic amines) is 1. The van der Waals surface area contributed by atoms with Gasteiger partial charge in [-0.1, -0.05) is 0 Å². The van der Waals surface area contributed by atoms with Gasteiger partial charge in [-0.3, -0.25) is 14.4 Å². The molecular formula is C19H30N2O5S. The van der Waals surface area contributed by atoms with Gasteiger partial charge in [-0.25, -0.2) is 0 Å². The van der Waals surface area contributed by atoms with Crippen LogP contribution in [0.25, 0.3) is 0 Å². The minimum absolute atomic E-state index is 0.0391. The predicted molar refractivity (Wildman–Crippen MR) is 102 cm³/mol. The van der Waals surface area contributed by atoms with Crippen LogP contribution in [0.3, 0.4) is 0 Å². The van der Waals surface area contributed by atoms with E-state index in [0.717, 1.165) is 12.8 Å². The SMILES string of the molecule is CCOC(=O)[C@@H]1[C@H]2C(=O)N(CCCO)C(C(=O)NC(C)C)C23CC[C@@]1(C)S3. The van der Waals surface area contributed by atoms with E-state index in [1.54, 1.807) is 23.6 Å². The zero-order valence-electron chi connectivity index (χ0n) is 16.5. The standard InChI is InChI=1S/C19H30N2O5S/c1-5-26-17(25)13-12-16(24)21(9-6-10-22)14(15(23)20-11(2)3)19(12)8-7-18(13,4)27-19/h11-14,22H,5-10H2,1-4H3,(H,20,23)/t12-,13-,14?,18+,19?/m0/s1. The van der Waals surface area contributed by atoms with E-state index in [1.165, 1.54) is 0 Å². The molecule has 2 amide bonds. The maximum atomic E-state index is 13.4. The van der Waals surface area contributed by atoms with Crippen LogP contribution < -0.4 is 5.32 Å². The maximum Gasteiger partial charge on any atom is 0.311 e. The number of aliphatic hydroxyl groups is 1. The molecule has 0 aromatic heterocycles. The number of amides is 2. The summed E-state index contributed by atoms with van der Waals surface area (Å²) in [5.74, 6) is -1.72. The van der Waals surface area contributed by atoms with Gasteiger partial charge in [0.1, 0.15) is 6.04 Å². The molecule has 2 bridgehead atoms. The number of nitrogens with one attached hydrogen (secondary N) is 1. The summed E-state index contributed by atoms with van der Waals surface area (Å²) in [7, 11) is 0. The van der Waals surface area contributed by atoms with Crippen LogP contribution in [0.4, 0.5) is 0 Å². The molecule has 0 aliphatic carbocycles. The smallest absolute Gasteiger partial charge is 0.311 e. The number of thioether (sulfide) groups is 1. The first-order valence-corrected chi connectivity index (χ1v) is 10.6. The number of aliphatic hydroxyl groups excluding tert-OH is 1. The van der Waals surface area contributed by atoms with Crippen molar-refractivity contribution in [1.29, 1.82) is 0 Å². The zero-order valence-corrected chi connectivity index (χ0v) is 17.3. The highest BCUT2D eigenvalue weighted by Crippen LogP contribution is 2.71. The highest BCUT2D eigenvalue weighted by Gasteiger charge is 2.77. The Morgan fingerprint density at radius 3 is 2.70 bits per heavy atom. The molecule has 27 heavy (non-hydrogen) atoms. The molecule has 1 spiro atoms. The summed E-state index contributed by atoms with van der Waals surface area (Å²) in [5, 5.41) is 12.2. The first-order chi connectivity index (χ1) is 12.7. The minimum atomic E-state index is -0.616. The van der Waals surface area contributed by atoms with Gasteiger partial charge in [0, 0.05) is 23.9 Å². The average Bonchev–Trinajstić information content (AvgIpc) is 3.13. The average molecular weight is 399 g/mol. The number of hydrogen-bond donors (Lipinski definition) is 2. The van der Waals surface area contributed by atoms with Crippen LogP contribution in [0, 0.1) is 11.8 Å². The summed E-state index contributed by atoms with van der Waals surface area (Å²) in [4.78, 5) is 40.8. The van der Waals surface area contributed by atoms with Gasteiger partial charge in [0.25, 0.3) is 0 Å². The van der Waals surface area contributed by atoms with Crippen molar-refractivity contribution in [2.24, 2.45) is 11.8 Å². The van der Waals surface area contributed by atoms with Gasteiger partial charge >= 0.3 is 5.97 Å². The maximum absolute atomic E-state index is 13.4. The molecule has 0 aromatic rings. The molecule has 2 N–H and O–H groups in total. The second-order valence-electron chi connectivity index (χ2n) is 8.25. The van der Waals surface area contributed by atoms with E-state index in [0.29, 0.717) is 13.0 Å². The summed E-state index contributed by atoms with van der Waals surface area (Å²) < 4.78 is 4.33. The van der Waals surface area contributed by atoms with Crippen LogP contribution in [0.15, 0.2) is 0 Å². The molecular weight excluding hydrogens is 368 g/mol. The Morgan fingerprint density at radius 2 is 2.11 bits per heavy atom. The molecule has 7 nitrogen and oxygen atoms in total. The summed E-state index contributed by atoms with van der Waals surface area (Å²) in [6.07, 6.45) is 1.92. The number of carbonyl (C=O) groups is 3. The van der Waals surface area contributed by atoms with E-state index in [1.807, 2.05) is 20.8 Å². The summed E-state index contributed by atoms with van der Waals surface area (Å²) >= 11 is 1.63. The van der Waals surface area contributed by atoms with Gasteiger partial charge < -0.3 is 20.1 Å². The molecule has 3 fully saturated rings. The van der Waals surface area contributed by atoms with E-state index in [4.69, 9.17) is 4.74 Å². The van der Waals surface area contributed by atoms with Crippen molar-refractivity contribution in [2.45, 2.75) is 68.5 Å². The molecule has 0 saturated carbocycles. The van der Waals surface area contributed by atoms with Crippen molar-refractivity contribution in [3.8, 4) is 0 Å². The number of esters is 1. The summed E-state index contributed by atoms with van der Waals surface area (Å²) in [6, 6.07) is -0.655. The molecule has 5 atom stereocenters. The van der Waals surface area contributed by atoms with Crippen LogP contribution in [0.1, 0.15) is 47.0 Å². The number of nitrogens with zero attached hydrogens (tertiary/aromatic N) is 1. The highest BCUT2D eigenvalue weighted by atomic mass is 32.2. The van der Waals surface area contributed by atoms with Gasteiger partial charge in [-0.2, -0.15) is 0 Å². The number of carbonyl (C=O) groups excluding carboxylic acids is 3. The molecule has 2 unspecified atom stereocenters. The minimum Gasteiger partial charge on any atom is -0.466 e. The Bertz CT molecular complexity index is 642. The molecule has 0 radical (unpaired) electrons. The fraction of sp³-hybridized carbons (Fsp3) is 0.842. The molecule has 8 heteroatoms. The van der Waals surface area contributed by atoms with Gasteiger partial charge in [0.15, 0.2) is 0 Å². The van der Waals surface area contributed by atoms with E-state index < -0.39 is 22.6 Å². The van der Waals surface area contributed by atoms with E-state index >= 15 is 0 Å². The lowest BCUT2D eigenvalue weighted by Crippen LogP contribution is -2.54. The monoisotopic (exact) mass is 398 g/mol. The highest BCUT2D eigenvalue weighted by molar-refractivity contribution is 8.02. The number of fused-ring (bicyclic) bond motifs is 1. The van der Waals surface area contributed by atoms with Crippen LogP contribution in [-0.2, 0) is 19.1 Å². The molecule has 0 aromatic carbocycles. The van der Waals surface area contributed by atoms with Gasteiger partial charge in [0.2, 0.25) is 11.8 Å². The quantitative estimate of drug-likeness (QED) is 0.620. The van der Waals surface area contributed by atoms with E-state index in [2.05, 4.69) is 5.32 Å². The van der Waals surface area contributed by atoms with Crippen molar-refractivity contribution in [3.63, 3.8) is 0 Å². The number of hydrogen-bond acceptors (Lipinski definition) is 6. The second kappa shape index (κ2) is 7.28. The Hall–Kier alpha value is -1.28. The van der Waals surface area contributed by atoms with Crippen molar-refractivity contribution < 1.29 is 24.2 Å². The van der Waals surface area contributed by atoms with Crippen LogP contribution >= 0.6 is 11.8 Å². The fourth-order valence-corrected chi connectivity index (χ4v) is 7.51. The van der Waals surface area contributed by atoms with Gasteiger partial charge in [0.05, 0.1) is 23.2 Å². The van der Waals surface area contributed by atoms with Crippen LogP contribution in [-0.4, -0.2) is 69.1 Å². The largest absolute Gasteiger partial charge is 0.466 e. The third-order valence-electron chi connectivity index (χ3n) is 6.05. The van der Waals surface area contributed by atoms with Crippen molar-refractivity contribution in [3.05, 3.63) is 0 Å². The first-order valence-electron chi connectivity index (χ1n) is 9.80. The lowest BCUT2D eigenvalue weighted by atomic mass is 9.66. The molecule has 3 heterocycles. The lowest BCUT2D eigenvalue weighted by molar-refractivity contribution is -0.155. The van der Waals surface area contributed by atoms with Crippen molar-refractivity contribution in [1.82, 2.24) is 10.2 Å². The second-order valence-corrected chi connectivity index (χ2v) is 10.1. The number of rotatable bonds is 7. The fourth-order valence-electron chi connectivity index (χ4n) is 5.16. The Balaban J connectivity index is 2.02. The third kappa shape index (κ3) is 3.05. The van der Waals surface area contributed by atoms with E-state index in [-0.39, 0.29) is 41.8 Å². The first kappa shape index (κ1) is 20.5. The predicted octanol–water partition coefficient (Wildman–Crippen LogP) is 0.938. The van der Waals surface area contributed by atoms with Crippen molar-refractivity contribution >= 4 is 29.5 Å². The summed E-state index contributed by atoms with van der Waals surface area (Å²) in [6.45, 7) is 8.11. The third-order valence-corrected chi connectivity index (χ3v) is 8.04. The van der Waals surface area contributed by atoms with Gasteiger partial charge in [-0.15, -0.1) is 11.8 Å². The van der Waals surface area contributed by atoms with Crippen molar-refractivity contribution in [2.75, 3.05) is 19.8 Å². The normalized spacial score (nSPS) is 37.0. The molecule has 3 aliphatic rings. The molecule has 3 aliphatic heterocycles. The molecule has 152 valence electrons. The molecule has 3 saturated heterocycles. The Labute approximate surface area is 164 Å². The lowest BCUT2D eigenvalue weighted by Gasteiger charge is -2.34. The number of ether oxygens (including phenoxy) is 1. The summed E-state index contributed by atoms with van der Waals surface area (Å²) in [5.41, 5.74) is 0. The van der Waals surface area contributed by atoms with E-state index in [9.17, 15) is 19.5 Å².